The van der Waals surface area contributed by atoms with E-state index in [1.807, 2.05) is 42.5 Å². The van der Waals surface area contributed by atoms with Crippen LogP contribution in [0.25, 0.3) is 17.4 Å². The lowest BCUT2D eigenvalue weighted by Crippen LogP contribution is -2.32. The molecule has 0 saturated carbocycles. The first kappa shape index (κ1) is 23.9. The largest absolute Gasteiger partial charge is 0.457 e. The van der Waals surface area contributed by atoms with E-state index in [1.165, 1.54) is 11.0 Å². The Morgan fingerprint density at radius 1 is 1.24 bits per heavy atom. The Morgan fingerprint density at radius 3 is 2.71 bits per heavy atom. The highest BCUT2D eigenvalue weighted by Crippen LogP contribution is 2.43. The van der Waals surface area contributed by atoms with Gasteiger partial charge in [0.1, 0.15) is 22.6 Å². The SMILES string of the molecule is CC(C)(C)[C@@H]1CCc2c(sc(NC(=S)NC(=O)/C=C/c3ccc(-c4ccccc4)o3)c2C#N)C1. The monoisotopic (exact) mass is 489 g/mol. The first-order valence-corrected chi connectivity index (χ1v) is 12.5. The van der Waals surface area contributed by atoms with E-state index in [-0.39, 0.29) is 16.4 Å². The number of thiophene rings is 1. The number of nitriles is 1. The highest BCUT2D eigenvalue weighted by molar-refractivity contribution is 7.80. The van der Waals surface area contributed by atoms with Gasteiger partial charge in [-0.05, 0) is 66.6 Å². The van der Waals surface area contributed by atoms with Gasteiger partial charge in [0.25, 0.3) is 0 Å². The molecule has 2 N–H and O–H groups in total. The van der Waals surface area contributed by atoms with Gasteiger partial charge in [0.2, 0.25) is 5.91 Å². The molecule has 2 aromatic heterocycles. The van der Waals surface area contributed by atoms with Crippen LogP contribution in [0.3, 0.4) is 0 Å². The molecule has 1 aliphatic rings. The summed E-state index contributed by atoms with van der Waals surface area (Å²) in [5, 5.41) is 16.3. The van der Waals surface area contributed by atoms with Crippen molar-refractivity contribution in [2.45, 2.75) is 40.0 Å². The number of rotatable bonds is 4. The molecule has 0 saturated heterocycles. The number of carbonyl (C=O) groups is 1. The highest BCUT2D eigenvalue weighted by Gasteiger charge is 2.32. The number of furan rings is 1. The molecule has 1 atom stereocenters. The van der Waals surface area contributed by atoms with Crippen molar-refractivity contribution < 1.29 is 9.21 Å². The van der Waals surface area contributed by atoms with Crippen LogP contribution in [0.1, 0.15) is 49.0 Å². The van der Waals surface area contributed by atoms with Gasteiger partial charge in [-0.15, -0.1) is 11.3 Å². The Morgan fingerprint density at radius 2 is 2.00 bits per heavy atom. The van der Waals surface area contributed by atoms with Crippen molar-refractivity contribution in [3.8, 4) is 17.4 Å². The number of carbonyl (C=O) groups excluding carboxylic acids is 1. The minimum absolute atomic E-state index is 0.168. The Hall–Kier alpha value is -3.21. The summed E-state index contributed by atoms with van der Waals surface area (Å²) in [6, 6.07) is 15.8. The van der Waals surface area contributed by atoms with Gasteiger partial charge < -0.3 is 9.73 Å². The van der Waals surface area contributed by atoms with Gasteiger partial charge in [-0.25, -0.2) is 0 Å². The van der Waals surface area contributed by atoms with Crippen molar-refractivity contribution in [3.63, 3.8) is 0 Å². The fraction of sp³-hybridized carbons (Fsp3) is 0.296. The van der Waals surface area contributed by atoms with Crippen LogP contribution in [0.4, 0.5) is 5.00 Å². The molecule has 1 aliphatic carbocycles. The number of nitrogens with zero attached hydrogens (tertiary/aromatic N) is 1. The van der Waals surface area contributed by atoms with E-state index >= 15 is 0 Å². The van der Waals surface area contributed by atoms with E-state index in [0.29, 0.717) is 22.2 Å². The molecule has 0 unspecified atom stereocenters. The molecule has 0 fully saturated rings. The number of thiocarbonyl (C=S) groups is 1. The van der Waals surface area contributed by atoms with Crippen LogP contribution in [0.2, 0.25) is 0 Å². The van der Waals surface area contributed by atoms with E-state index < -0.39 is 0 Å². The van der Waals surface area contributed by atoms with Gasteiger partial charge in [-0.3, -0.25) is 10.1 Å². The number of hydrogen-bond donors (Lipinski definition) is 2. The predicted octanol–water partition coefficient (Wildman–Crippen LogP) is 6.56. The zero-order valence-electron chi connectivity index (χ0n) is 19.5. The van der Waals surface area contributed by atoms with Gasteiger partial charge in [-0.1, -0.05) is 51.1 Å². The van der Waals surface area contributed by atoms with Crippen LogP contribution in [-0.2, 0) is 17.6 Å². The molecular formula is C27H27N3O2S2. The molecule has 2 heterocycles. The van der Waals surface area contributed by atoms with E-state index in [4.69, 9.17) is 16.6 Å². The molecule has 34 heavy (non-hydrogen) atoms. The maximum absolute atomic E-state index is 12.4. The Balaban J connectivity index is 1.38. The lowest BCUT2D eigenvalue weighted by Gasteiger charge is -2.33. The molecule has 0 spiro atoms. The molecule has 5 nitrogen and oxygen atoms in total. The Labute approximate surface area is 209 Å². The van der Waals surface area contributed by atoms with E-state index in [9.17, 15) is 10.1 Å². The standard InChI is InChI=1S/C27H27N3O2S2/c1-27(2,3)18-9-12-20-21(16-28)25(34-23(20)15-18)30-26(33)29-24(31)14-11-19-10-13-22(32-19)17-7-5-4-6-8-17/h4-8,10-11,13-14,18H,9,12,15H2,1-3H3,(H2,29,30,31,33)/b14-11+/t18-/m1/s1. The zero-order valence-corrected chi connectivity index (χ0v) is 21.1. The number of fused-ring (bicyclic) bond motifs is 1. The van der Waals surface area contributed by atoms with Crippen LogP contribution in [0.15, 0.2) is 53.0 Å². The first-order valence-electron chi connectivity index (χ1n) is 11.2. The maximum atomic E-state index is 12.4. The number of nitrogens with one attached hydrogen (secondary N) is 2. The van der Waals surface area contributed by atoms with Crippen molar-refractivity contribution in [2.24, 2.45) is 11.3 Å². The summed E-state index contributed by atoms with van der Waals surface area (Å²) < 4.78 is 5.78. The van der Waals surface area contributed by atoms with Crippen LogP contribution >= 0.6 is 23.6 Å². The topological polar surface area (TPSA) is 78.1 Å². The summed E-state index contributed by atoms with van der Waals surface area (Å²) >= 11 is 6.91. The summed E-state index contributed by atoms with van der Waals surface area (Å²) in [5.41, 5.74) is 2.96. The maximum Gasteiger partial charge on any atom is 0.250 e. The van der Waals surface area contributed by atoms with Gasteiger partial charge in [0.05, 0.1) is 5.56 Å². The normalized spacial score (nSPS) is 15.5. The lowest BCUT2D eigenvalue weighted by atomic mass is 9.72. The van der Waals surface area contributed by atoms with E-state index in [2.05, 4.69) is 37.5 Å². The molecule has 0 bridgehead atoms. The molecule has 1 aromatic carbocycles. The lowest BCUT2D eigenvalue weighted by molar-refractivity contribution is -0.115. The van der Waals surface area contributed by atoms with Crippen LogP contribution < -0.4 is 10.6 Å². The average Bonchev–Trinajstić information content (AvgIpc) is 3.41. The second kappa shape index (κ2) is 9.96. The Bertz CT molecular complexity index is 1270. The summed E-state index contributed by atoms with van der Waals surface area (Å²) in [5.74, 6) is 1.51. The molecule has 0 aliphatic heterocycles. The van der Waals surface area contributed by atoms with Crippen molar-refractivity contribution in [1.82, 2.24) is 5.32 Å². The van der Waals surface area contributed by atoms with E-state index in [0.717, 1.165) is 36.1 Å². The van der Waals surface area contributed by atoms with Crippen LogP contribution in [0, 0.1) is 22.7 Å². The predicted molar refractivity (Wildman–Crippen MR) is 142 cm³/mol. The van der Waals surface area contributed by atoms with Crippen molar-refractivity contribution in [2.75, 3.05) is 5.32 Å². The zero-order chi connectivity index (χ0) is 24.3. The third-order valence-electron chi connectivity index (χ3n) is 6.15. The summed E-state index contributed by atoms with van der Waals surface area (Å²) in [4.78, 5) is 13.6. The molecule has 3 aromatic rings. The third kappa shape index (κ3) is 5.46. The Kier molecular flexibility index (Phi) is 7.01. The molecular weight excluding hydrogens is 462 g/mol. The van der Waals surface area contributed by atoms with E-state index in [1.54, 1.807) is 17.4 Å². The number of anilines is 1. The summed E-state index contributed by atoms with van der Waals surface area (Å²) in [7, 11) is 0. The number of amides is 1. The van der Waals surface area contributed by atoms with Crippen LogP contribution in [-0.4, -0.2) is 11.0 Å². The molecule has 174 valence electrons. The molecule has 1 amide bonds. The fourth-order valence-electron chi connectivity index (χ4n) is 4.18. The van der Waals surface area contributed by atoms with Gasteiger partial charge in [-0.2, -0.15) is 5.26 Å². The highest BCUT2D eigenvalue weighted by atomic mass is 32.1. The first-order chi connectivity index (χ1) is 16.2. The van der Waals surface area contributed by atoms with Gasteiger partial charge in [0, 0.05) is 16.5 Å². The third-order valence-corrected chi connectivity index (χ3v) is 7.52. The molecule has 4 rings (SSSR count). The smallest absolute Gasteiger partial charge is 0.250 e. The molecule has 7 heteroatoms. The minimum atomic E-state index is -0.372. The molecule has 0 radical (unpaired) electrons. The minimum Gasteiger partial charge on any atom is -0.457 e. The average molecular weight is 490 g/mol. The van der Waals surface area contributed by atoms with Crippen molar-refractivity contribution in [3.05, 3.63) is 70.3 Å². The summed E-state index contributed by atoms with van der Waals surface area (Å²) in [6.07, 6.45) is 5.91. The quantitative estimate of drug-likeness (QED) is 0.321. The second-order valence-corrected chi connectivity index (χ2v) is 11.0. The van der Waals surface area contributed by atoms with Crippen molar-refractivity contribution in [1.29, 1.82) is 5.26 Å². The fourth-order valence-corrected chi connectivity index (χ4v) is 5.73. The van der Waals surface area contributed by atoms with Gasteiger partial charge in [0.15, 0.2) is 5.11 Å². The summed E-state index contributed by atoms with van der Waals surface area (Å²) in [6.45, 7) is 6.80. The number of hydrogen-bond acceptors (Lipinski definition) is 5. The van der Waals surface area contributed by atoms with Crippen molar-refractivity contribution >= 4 is 45.7 Å². The number of benzene rings is 1. The van der Waals surface area contributed by atoms with Gasteiger partial charge >= 0.3 is 0 Å². The van der Waals surface area contributed by atoms with Crippen LogP contribution in [0.5, 0.6) is 0 Å². The second-order valence-electron chi connectivity index (χ2n) is 9.47.